The largest absolute Gasteiger partial charge is 0.388 e. The Morgan fingerprint density at radius 2 is 1.76 bits per heavy atom. The van der Waals surface area contributed by atoms with E-state index in [1.165, 1.54) is 31.3 Å². The van der Waals surface area contributed by atoms with Crippen LogP contribution in [0.5, 0.6) is 0 Å². The number of nitrogens with zero attached hydrogens (tertiary/aromatic N) is 1. The van der Waals surface area contributed by atoms with Crippen molar-refractivity contribution in [3.63, 3.8) is 0 Å². The van der Waals surface area contributed by atoms with Crippen molar-refractivity contribution in [2.75, 3.05) is 19.6 Å². The van der Waals surface area contributed by atoms with Gasteiger partial charge in [-0.25, -0.2) is 8.78 Å². The van der Waals surface area contributed by atoms with Crippen LogP contribution >= 0.6 is 0 Å². The maximum atomic E-state index is 13.0. The third-order valence-corrected chi connectivity index (χ3v) is 9.56. The van der Waals surface area contributed by atoms with Crippen molar-refractivity contribution in [1.29, 1.82) is 0 Å². The molecule has 0 bridgehead atoms. The lowest BCUT2D eigenvalue weighted by molar-refractivity contribution is 0.0227. The minimum absolute atomic E-state index is 0.309. The van der Waals surface area contributed by atoms with Gasteiger partial charge in [0.15, 0.2) is 0 Å². The summed E-state index contributed by atoms with van der Waals surface area (Å²) >= 11 is 0. The molecule has 0 radical (unpaired) electrons. The summed E-state index contributed by atoms with van der Waals surface area (Å²) < 4.78 is 26.0. The van der Waals surface area contributed by atoms with Gasteiger partial charge >= 0.3 is 0 Å². The van der Waals surface area contributed by atoms with Crippen molar-refractivity contribution in [2.45, 2.75) is 90.3 Å². The van der Waals surface area contributed by atoms with Crippen LogP contribution in [0, 0.1) is 29.1 Å². The molecule has 3 saturated carbocycles. The molecule has 0 aromatic carbocycles. The zero-order valence-corrected chi connectivity index (χ0v) is 20.5. The number of fused-ring (bicyclic) bond motifs is 1. The highest BCUT2D eigenvalue weighted by Crippen LogP contribution is 2.59. The fraction of sp³-hybridized carbons (Fsp3) is 0.786. The summed E-state index contributed by atoms with van der Waals surface area (Å²) in [7, 11) is 0. The lowest BCUT2D eigenvalue weighted by atomic mass is 9.61. The first-order chi connectivity index (χ1) is 15.7. The Morgan fingerprint density at radius 1 is 1.09 bits per heavy atom. The molecule has 1 unspecified atom stereocenters. The summed E-state index contributed by atoms with van der Waals surface area (Å²) in [4.78, 5) is 2.43. The highest BCUT2D eigenvalue weighted by atomic mass is 19.3. The van der Waals surface area contributed by atoms with Gasteiger partial charge in [0.1, 0.15) is 0 Å². The average Bonchev–Trinajstić information content (AvgIpc) is 3.14. The van der Waals surface area contributed by atoms with Gasteiger partial charge in [0.2, 0.25) is 6.43 Å². The Morgan fingerprint density at radius 3 is 2.39 bits per heavy atom. The number of aliphatic hydroxyl groups is 2. The van der Waals surface area contributed by atoms with Gasteiger partial charge in [0.25, 0.3) is 0 Å². The standard InChI is InChI=1S/C28H43F2NO2/c1-18(17-31-13-10-22(11-14-31)27(29)30)23-8-9-24-21(5-4-12-28(23,24)3)7-6-20-15-25(32)19(2)26(33)16-20/h6-7,18,22-27,32-33H,2,4-5,8-17H2,1,3H3/t18?,23-,24+,25-,26-,28-/m1/s1. The molecule has 0 amide bonds. The Bertz CT molecular complexity index is 754. The molecule has 5 heteroatoms. The number of hydrogen-bond donors (Lipinski definition) is 2. The van der Waals surface area contributed by atoms with Gasteiger partial charge in [-0.05, 0) is 99.6 Å². The molecule has 3 nitrogen and oxygen atoms in total. The van der Waals surface area contributed by atoms with Crippen molar-refractivity contribution in [1.82, 2.24) is 4.90 Å². The van der Waals surface area contributed by atoms with Crippen LogP contribution in [0.25, 0.3) is 0 Å². The van der Waals surface area contributed by atoms with Crippen molar-refractivity contribution in [2.24, 2.45) is 29.1 Å². The van der Waals surface area contributed by atoms with Crippen LogP contribution in [0.4, 0.5) is 8.78 Å². The van der Waals surface area contributed by atoms with Crippen LogP contribution < -0.4 is 0 Å². The summed E-state index contributed by atoms with van der Waals surface area (Å²) in [6, 6.07) is 0. The van der Waals surface area contributed by atoms with Gasteiger partial charge in [-0.1, -0.05) is 43.7 Å². The smallest absolute Gasteiger partial charge is 0.241 e. The molecule has 3 aliphatic carbocycles. The molecule has 4 rings (SSSR count). The molecule has 0 spiro atoms. The minimum atomic E-state index is -2.17. The molecule has 2 N–H and O–H groups in total. The van der Waals surface area contributed by atoms with Gasteiger partial charge in [0, 0.05) is 12.5 Å². The maximum Gasteiger partial charge on any atom is 0.241 e. The number of aliphatic hydroxyl groups excluding tert-OH is 2. The molecule has 186 valence electrons. The van der Waals surface area contributed by atoms with E-state index in [1.807, 2.05) is 0 Å². The number of alkyl halides is 2. The predicted molar refractivity (Wildman–Crippen MR) is 129 cm³/mol. The predicted octanol–water partition coefficient (Wildman–Crippen LogP) is 5.74. The van der Waals surface area contributed by atoms with E-state index in [9.17, 15) is 19.0 Å². The summed E-state index contributed by atoms with van der Waals surface area (Å²) in [5.41, 5.74) is 3.49. The normalized spacial score (nSPS) is 38.7. The molecule has 33 heavy (non-hydrogen) atoms. The Balaban J connectivity index is 1.40. The van der Waals surface area contributed by atoms with Crippen molar-refractivity contribution in [3.8, 4) is 0 Å². The Labute approximate surface area is 198 Å². The van der Waals surface area contributed by atoms with E-state index in [-0.39, 0.29) is 0 Å². The highest BCUT2D eigenvalue weighted by molar-refractivity contribution is 5.29. The molecule has 0 aromatic heterocycles. The van der Waals surface area contributed by atoms with Crippen molar-refractivity contribution < 1.29 is 19.0 Å². The molecule has 6 atom stereocenters. The third-order valence-electron chi connectivity index (χ3n) is 9.56. The number of likely N-dealkylation sites (tertiary alicyclic amines) is 1. The minimum Gasteiger partial charge on any atom is -0.388 e. The summed E-state index contributed by atoms with van der Waals surface area (Å²) in [6.45, 7) is 11.4. The first-order valence-electron chi connectivity index (χ1n) is 13.1. The van der Waals surface area contributed by atoms with E-state index in [1.54, 1.807) is 0 Å². The quantitative estimate of drug-likeness (QED) is 0.511. The lowest BCUT2D eigenvalue weighted by Gasteiger charge is -2.45. The van der Waals surface area contributed by atoms with E-state index >= 15 is 0 Å². The van der Waals surface area contributed by atoms with Crippen LogP contribution in [0.3, 0.4) is 0 Å². The van der Waals surface area contributed by atoms with Gasteiger partial charge in [0.05, 0.1) is 12.2 Å². The number of piperidine rings is 1. The number of halogens is 2. The Kier molecular flexibility index (Phi) is 7.82. The van der Waals surface area contributed by atoms with Gasteiger partial charge < -0.3 is 15.1 Å². The first-order valence-corrected chi connectivity index (χ1v) is 13.1. The summed E-state index contributed by atoms with van der Waals surface area (Å²) in [5, 5.41) is 20.3. The second kappa shape index (κ2) is 10.3. The van der Waals surface area contributed by atoms with E-state index in [0.29, 0.717) is 54.4 Å². The topological polar surface area (TPSA) is 43.7 Å². The van der Waals surface area contributed by atoms with E-state index in [4.69, 9.17) is 0 Å². The molecule has 1 aliphatic heterocycles. The first kappa shape index (κ1) is 25.1. The summed E-state index contributed by atoms with van der Waals surface area (Å²) in [5.74, 6) is 1.45. The number of rotatable bonds is 5. The highest BCUT2D eigenvalue weighted by Gasteiger charge is 2.50. The molecule has 1 saturated heterocycles. The lowest BCUT2D eigenvalue weighted by Crippen LogP contribution is -2.42. The van der Waals surface area contributed by atoms with Crippen LogP contribution in [0.2, 0.25) is 0 Å². The second-order valence-corrected chi connectivity index (χ2v) is 11.6. The van der Waals surface area contributed by atoms with Crippen molar-refractivity contribution >= 4 is 0 Å². The molecular formula is C28H43F2NO2. The zero-order valence-electron chi connectivity index (χ0n) is 20.5. The van der Waals surface area contributed by atoms with Crippen LogP contribution in [-0.4, -0.2) is 53.4 Å². The van der Waals surface area contributed by atoms with Crippen LogP contribution in [-0.2, 0) is 0 Å². The molecule has 4 fully saturated rings. The van der Waals surface area contributed by atoms with Gasteiger partial charge in [-0.3, -0.25) is 0 Å². The average molecular weight is 464 g/mol. The third kappa shape index (κ3) is 5.31. The molecule has 1 heterocycles. The molecule has 0 aromatic rings. The van der Waals surface area contributed by atoms with E-state index in [0.717, 1.165) is 31.6 Å². The molecular weight excluding hydrogens is 420 g/mol. The SMILES string of the molecule is C=C1[C@H](O)CC(=CC=C2CCC[C@]3(C)[C@@H](C(C)CN4CCC(C(F)F)CC4)CC[C@@H]23)C[C@H]1O. The van der Waals surface area contributed by atoms with Crippen molar-refractivity contribution in [3.05, 3.63) is 35.5 Å². The molecule has 4 aliphatic rings. The monoisotopic (exact) mass is 463 g/mol. The van der Waals surface area contributed by atoms with Gasteiger partial charge in [-0.2, -0.15) is 0 Å². The maximum absolute atomic E-state index is 13.0. The number of hydrogen-bond acceptors (Lipinski definition) is 3. The van der Waals surface area contributed by atoms with Gasteiger partial charge in [-0.15, -0.1) is 0 Å². The van der Waals surface area contributed by atoms with E-state index < -0.39 is 24.6 Å². The Hall–Kier alpha value is -1.04. The zero-order chi connectivity index (χ0) is 23.8. The van der Waals surface area contributed by atoms with Crippen LogP contribution in [0.15, 0.2) is 35.5 Å². The number of allylic oxidation sites excluding steroid dienone is 3. The van der Waals surface area contributed by atoms with E-state index in [2.05, 4.69) is 37.5 Å². The second-order valence-electron chi connectivity index (χ2n) is 11.6. The fourth-order valence-corrected chi connectivity index (χ4v) is 7.56. The van der Waals surface area contributed by atoms with Crippen LogP contribution in [0.1, 0.15) is 71.6 Å². The summed E-state index contributed by atoms with van der Waals surface area (Å²) in [6.07, 6.45) is 9.53. The fourth-order valence-electron chi connectivity index (χ4n) is 7.56.